The van der Waals surface area contributed by atoms with Crippen molar-refractivity contribution in [2.75, 3.05) is 19.6 Å². The molecule has 1 atom stereocenters. The highest BCUT2D eigenvalue weighted by atomic mass is 19.3. The minimum Gasteiger partial charge on any atom is -0.435 e. The lowest BCUT2D eigenvalue weighted by atomic mass is 9.97. The van der Waals surface area contributed by atoms with Crippen LogP contribution in [0.15, 0.2) is 24.3 Å². The fourth-order valence-electron chi connectivity index (χ4n) is 2.41. The normalized spacial score (nSPS) is 17.3. The van der Waals surface area contributed by atoms with Gasteiger partial charge >= 0.3 is 6.61 Å². The van der Waals surface area contributed by atoms with Crippen molar-refractivity contribution in [2.45, 2.75) is 25.6 Å². The first kappa shape index (κ1) is 16.6. The molecule has 7 heteroatoms. The Bertz CT molecular complexity index is 476. The topological polar surface area (TPSA) is 70.6 Å². The lowest BCUT2D eigenvalue weighted by molar-refractivity contribution is -0.126. The molecule has 1 aliphatic rings. The monoisotopic (exact) mass is 314 g/mol. The Kier molecular flexibility index (Phi) is 6.09. The largest absolute Gasteiger partial charge is 0.435 e. The molecule has 1 saturated heterocycles. The Morgan fingerprint density at radius 2 is 1.95 bits per heavy atom. The number of nitrogens with one attached hydrogen (secondary N) is 2. The van der Waals surface area contributed by atoms with Crippen LogP contribution in [0.3, 0.4) is 0 Å². The third-order valence-electron chi connectivity index (χ3n) is 3.67. The van der Waals surface area contributed by atoms with Gasteiger partial charge in [0.25, 0.3) is 0 Å². The predicted molar refractivity (Wildman–Crippen MR) is 76.6 cm³/mol. The highest BCUT2D eigenvalue weighted by molar-refractivity contribution is 5.78. The van der Waals surface area contributed by atoms with E-state index in [0.717, 1.165) is 25.9 Å². The second-order valence-electron chi connectivity index (χ2n) is 5.23. The van der Waals surface area contributed by atoms with Gasteiger partial charge in [-0.05, 0) is 43.6 Å². The first-order valence-corrected chi connectivity index (χ1v) is 7.27. The summed E-state index contributed by atoms with van der Waals surface area (Å²) in [6.07, 6.45) is 0.703. The first-order valence-electron chi connectivity index (χ1n) is 7.27. The third kappa shape index (κ3) is 4.92. The van der Waals surface area contributed by atoms with E-state index in [1.165, 1.54) is 24.3 Å². The van der Waals surface area contributed by atoms with Gasteiger partial charge in [0, 0.05) is 12.5 Å². The number of amides is 1. The molecule has 0 radical (unpaired) electrons. The molecule has 5 nitrogen and oxygen atoms in total. The Labute approximate surface area is 127 Å². The molecule has 1 heterocycles. The van der Waals surface area contributed by atoms with E-state index in [-0.39, 0.29) is 24.1 Å². The second-order valence-corrected chi connectivity index (χ2v) is 5.23. The Morgan fingerprint density at radius 1 is 1.32 bits per heavy atom. The molecule has 1 unspecified atom stereocenters. The van der Waals surface area contributed by atoms with Gasteiger partial charge < -0.3 is 20.5 Å². The summed E-state index contributed by atoms with van der Waals surface area (Å²) in [4.78, 5) is 12.0. The van der Waals surface area contributed by atoms with Crippen molar-refractivity contribution in [3.8, 4) is 5.75 Å². The molecule has 0 aromatic heterocycles. The zero-order valence-corrected chi connectivity index (χ0v) is 12.1. The van der Waals surface area contributed by atoms with E-state index in [0.29, 0.717) is 5.56 Å². The van der Waals surface area contributed by atoms with E-state index in [1.54, 1.807) is 0 Å². The van der Waals surface area contributed by atoms with E-state index < -0.39 is 12.7 Å². The van der Waals surface area contributed by atoms with Crippen LogP contribution >= 0.6 is 0 Å². The summed E-state index contributed by atoms with van der Waals surface area (Å²) in [7, 11) is 0. The van der Waals surface area contributed by atoms with Crippen molar-refractivity contribution in [1.29, 1.82) is 0 Å². The fourth-order valence-corrected chi connectivity index (χ4v) is 2.41. The lowest BCUT2D eigenvalue weighted by Crippen LogP contribution is -2.39. The average Bonchev–Trinajstić information content (AvgIpc) is 2.53. The van der Waals surface area contributed by atoms with Crippen LogP contribution in [0.5, 0.6) is 5.75 Å². The van der Waals surface area contributed by atoms with Crippen molar-refractivity contribution < 1.29 is 23.4 Å². The van der Waals surface area contributed by atoms with Gasteiger partial charge in [0.2, 0.25) is 5.91 Å². The van der Waals surface area contributed by atoms with Gasteiger partial charge in [0.15, 0.2) is 0 Å². The number of rotatable bonds is 6. The second kappa shape index (κ2) is 8.05. The van der Waals surface area contributed by atoms with Crippen LogP contribution in [-0.2, 0) is 4.79 Å². The maximum atomic E-state index is 12.0. The highest BCUT2D eigenvalue weighted by Crippen LogP contribution is 2.19. The molecule has 2 rings (SSSR count). The number of aliphatic hydroxyl groups is 1. The summed E-state index contributed by atoms with van der Waals surface area (Å²) in [6, 6.07) is 5.72. The van der Waals surface area contributed by atoms with E-state index in [1.807, 2.05) is 0 Å². The third-order valence-corrected chi connectivity index (χ3v) is 3.67. The summed E-state index contributed by atoms with van der Waals surface area (Å²) >= 11 is 0. The summed E-state index contributed by atoms with van der Waals surface area (Å²) < 4.78 is 28.3. The minimum atomic E-state index is -2.87. The number of piperidine rings is 1. The Hall–Kier alpha value is -1.73. The summed E-state index contributed by atoms with van der Waals surface area (Å²) in [5.41, 5.74) is 0.534. The number of hydrogen-bond donors (Lipinski definition) is 3. The Morgan fingerprint density at radius 3 is 2.55 bits per heavy atom. The molecule has 0 spiro atoms. The first-order chi connectivity index (χ1) is 10.6. The van der Waals surface area contributed by atoms with Crippen molar-refractivity contribution in [2.24, 2.45) is 5.92 Å². The van der Waals surface area contributed by atoms with Crippen LogP contribution < -0.4 is 15.4 Å². The summed E-state index contributed by atoms with van der Waals surface area (Å²) in [5, 5.41) is 15.9. The molecular formula is C15H20F2N2O3. The lowest BCUT2D eigenvalue weighted by Gasteiger charge is -2.22. The zero-order valence-electron chi connectivity index (χ0n) is 12.1. The zero-order chi connectivity index (χ0) is 15.9. The smallest absolute Gasteiger partial charge is 0.387 e. The Balaban J connectivity index is 1.81. The van der Waals surface area contributed by atoms with Gasteiger partial charge in [-0.3, -0.25) is 4.79 Å². The minimum absolute atomic E-state index is 0.0183. The number of ether oxygens (including phenoxy) is 1. The van der Waals surface area contributed by atoms with E-state index in [4.69, 9.17) is 0 Å². The number of benzene rings is 1. The van der Waals surface area contributed by atoms with Crippen LogP contribution in [-0.4, -0.2) is 37.3 Å². The van der Waals surface area contributed by atoms with Crippen LogP contribution in [0.2, 0.25) is 0 Å². The molecule has 122 valence electrons. The molecule has 1 amide bonds. The van der Waals surface area contributed by atoms with Gasteiger partial charge in [-0.15, -0.1) is 0 Å². The number of hydrogen-bond acceptors (Lipinski definition) is 4. The molecule has 22 heavy (non-hydrogen) atoms. The van der Waals surface area contributed by atoms with Crippen LogP contribution in [0, 0.1) is 5.92 Å². The average molecular weight is 314 g/mol. The molecule has 1 fully saturated rings. The molecule has 0 aliphatic carbocycles. The van der Waals surface area contributed by atoms with Gasteiger partial charge in [0.05, 0.1) is 6.10 Å². The predicted octanol–water partition coefficient (Wildman–Crippen LogP) is 1.44. The van der Waals surface area contributed by atoms with E-state index in [2.05, 4.69) is 15.4 Å². The maximum absolute atomic E-state index is 12.0. The van der Waals surface area contributed by atoms with Crippen molar-refractivity contribution >= 4 is 5.91 Å². The molecule has 0 bridgehead atoms. The standard InChI is InChI=1S/C15H20F2N2O3/c16-15(17)22-12-3-1-10(2-4-12)13(20)9-19-14(21)11-5-7-18-8-6-11/h1-4,11,13,15,18,20H,5-9H2,(H,19,21). The van der Waals surface area contributed by atoms with Gasteiger partial charge in [-0.25, -0.2) is 0 Å². The molecule has 0 saturated carbocycles. The van der Waals surface area contributed by atoms with Gasteiger partial charge in [0.1, 0.15) is 5.75 Å². The van der Waals surface area contributed by atoms with Crippen molar-refractivity contribution in [1.82, 2.24) is 10.6 Å². The van der Waals surface area contributed by atoms with Crippen LogP contribution in [0.1, 0.15) is 24.5 Å². The van der Waals surface area contributed by atoms with Crippen molar-refractivity contribution in [3.63, 3.8) is 0 Å². The van der Waals surface area contributed by atoms with Crippen LogP contribution in [0.25, 0.3) is 0 Å². The van der Waals surface area contributed by atoms with Crippen molar-refractivity contribution in [3.05, 3.63) is 29.8 Å². The quantitative estimate of drug-likeness (QED) is 0.743. The molecule has 3 N–H and O–H groups in total. The maximum Gasteiger partial charge on any atom is 0.387 e. The SMILES string of the molecule is O=C(NCC(O)c1ccc(OC(F)F)cc1)C1CCNCC1. The fraction of sp³-hybridized carbons (Fsp3) is 0.533. The number of carbonyl (C=O) groups is 1. The molecule has 1 aromatic rings. The number of aliphatic hydroxyl groups excluding tert-OH is 1. The van der Waals surface area contributed by atoms with E-state index in [9.17, 15) is 18.7 Å². The number of halogens is 2. The van der Waals surface area contributed by atoms with Gasteiger partial charge in [-0.2, -0.15) is 8.78 Å². The number of alkyl halides is 2. The molecular weight excluding hydrogens is 294 g/mol. The summed E-state index contributed by atoms with van der Waals surface area (Å²) in [5.74, 6) is -0.0434. The van der Waals surface area contributed by atoms with Gasteiger partial charge in [-0.1, -0.05) is 12.1 Å². The number of carbonyl (C=O) groups excluding carboxylic acids is 1. The van der Waals surface area contributed by atoms with E-state index >= 15 is 0 Å². The molecule has 1 aromatic carbocycles. The van der Waals surface area contributed by atoms with Crippen LogP contribution in [0.4, 0.5) is 8.78 Å². The summed E-state index contributed by atoms with van der Waals surface area (Å²) in [6.45, 7) is -1.13. The highest BCUT2D eigenvalue weighted by Gasteiger charge is 2.21. The molecule has 1 aliphatic heterocycles.